The minimum Gasteiger partial charge on any atom is -0.478 e. The molecule has 0 radical (unpaired) electrons. The van der Waals surface area contributed by atoms with Crippen molar-refractivity contribution < 1.29 is 22.3 Å². The highest BCUT2D eigenvalue weighted by Crippen LogP contribution is 2.57. The third-order valence-electron chi connectivity index (χ3n) is 7.77. The maximum Gasteiger partial charge on any atom is 0.277 e. The Hall–Kier alpha value is -2.98. The van der Waals surface area contributed by atoms with Crippen LogP contribution in [0.2, 0.25) is 10.0 Å². The molecule has 1 fully saturated rings. The van der Waals surface area contributed by atoms with Crippen molar-refractivity contribution in [3.63, 3.8) is 0 Å². The molecule has 2 N–H and O–H groups in total. The molecule has 3 aromatic carbocycles. The average Bonchev–Trinajstić information content (AvgIpc) is 3.24. The number of nitrogens with one attached hydrogen (secondary N) is 2. The van der Waals surface area contributed by atoms with Crippen molar-refractivity contribution in [2.45, 2.75) is 50.2 Å². The van der Waals surface area contributed by atoms with E-state index in [2.05, 4.69) is 5.32 Å². The van der Waals surface area contributed by atoms with Crippen LogP contribution < -0.4 is 14.8 Å². The molecule has 2 heterocycles. The van der Waals surface area contributed by atoms with Crippen LogP contribution >= 0.6 is 23.2 Å². The summed E-state index contributed by atoms with van der Waals surface area (Å²) in [7, 11) is -3.80. The van der Waals surface area contributed by atoms with E-state index >= 15 is 0 Å². The highest BCUT2D eigenvalue weighted by molar-refractivity contribution is 7.89. The number of fused-ring (bicyclic) bond motifs is 2. The zero-order chi connectivity index (χ0) is 29.7. The highest BCUT2D eigenvalue weighted by Gasteiger charge is 2.53. The fourth-order valence-electron chi connectivity index (χ4n) is 5.91. The maximum absolute atomic E-state index is 14.6. The number of halogens is 3. The third kappa shape index (κ3) is 5.60. The number of carbonyl (C=O) groups excluding carboxylic acids is 1. The summed E-state index contributed by atoms with van der Waals surface area (Å²) in [5.41, 5.74) is 1.70. The first-order valence-corrected chi connectivity index (χ1v) is 15.7. The zero-order valence-corrected chi connectivity index (χ0v) is 25.3. The molecule has 5 rings (SSSR count). The molecule has 3 atom stereocenters. The first-order chi connectivity index (χ1) is 19.2. The van der Waals surface area contributed by atoms with Crippen molar-refractivity contribution in [2.24, 2.45) is 4.99 Å². The third-order valence-corrected chi connectivity index (χ3v) is 8.80. The number of amides is 1. The van der Waals surface area contributed by atoms with Gasteiger partial charge in [0.05, 0.1) is 17.4 Å². The van der Waals surface area contributed by atoms with Crippen LogP contribution in [0.3, 0.4) is 0 Å². The molecule has 0 aliphatic carbocycles. The van der Waals surface area contributed by atoms with E-state index < -0.39 is 26.9 Å². The summed E-state index contributed by atoms with van der Waals surface area (Å²) in [5.74, 6) is -1.07. The van der Waals surface area contributed by atoms with E-state index in [1.807, 2.05) is 30.0 Å². The van der Waals surface area contributed by atoms with E-state index in [9.17, 15) is 17.6 Å². The van der Waals surface area contributed by atoms with E-state index in [0.29, 0.717) is 40.0 Å². The second-order valence-corrected chi connectivity index (χ2v) is 13.7. The topological polar surface area (TPSA) is 96.9 Å². The van der Waals surface area contributed by atoms with Crippen molar-refractivity contribution in [3.05, 3.63) is 92.7 Å². The molecule has 0 bridgehead atoms. The zero-order valence-electron chi connectivity index (χ0n) is 23.0. The second kappa shape index (κ2) is 10.7. The molecular formula is C30H30Cl2FN3O4S. The van der Waals surface area contributed by atoms with Gasteiger partial charge in [0.15, 0.2) is 5.60 Å². The number of ether oxygens (including phenoxy) is 1. The summed E-state index contributed by atoms with van der Waals surface area (Å²) in [4.78, 5) is 17.7. The summed E-state index contributed by atoms with van der Waals surface area (Å²) in [6, 6.07) is 15.1. The van der Waals surface area contributed by atoms with Crippen LogP contribution in [0.5, 0.6) is 5.75 Å². The molecule has 2 aliphatic rings. The molecular weight excluding hydrogens is 588 g/mol. The van der Waals surface area contributed by atoms with E-state index in [1.165, 1.54) is 19.9 Å². The summed E-state index contributed by atoms with van der Waals surface area (Å²) >= 11 is 12.9. The Bertz CT molecular complexity index is 1680. The largest absolute Gasteiger partial charge is 0.478 e. The smallest absolute Gasteiger partial charge is 0.277 e. The van der Waals surface area contributed by atoms with Gasteiger partial charge in [-0.05, 0) is 92.9 Å². The van der Waals surface area contributed by atoms with Gasteiger partial charge in [-0.15, -0.1) is 0 Å². The minimum absolute atomic E-state index is 0.287. The molecule has 3 aromatic rings. The maximum atomic E-state index is 14.6. The number of rotatable bonds is 6. The molecule has 41 heavy (non-hydrogen) atoms. The van der Waals surface area contributed by atoms with Gasteiger partial charge >= 0.3 is 0 Å². The standard InChI is InChI=1S/C30H30Cl2FN3O4S/c1-17-5-8-20(33)15-21(17)27-30(16-35-25-14-19(32)6-9-24(25)30)23(11-12-34-27)22-13-18(31)7-10-26(22)40-29(2,3)28(37)36-41(4,38)39/h5-10,13-16,23,27,34H,11-12H2,1-4H3,(H,36,37)/t23-,27-,30+/m0/s1. The minimum atomic E-state index is -3.80. The van der Waals surface area contributed by atoms with Crippen molar-refractivity contribution in [2.75, 3.05) is 12.8 Å². The fraction of sp³-hybridized carbons (Fsp3) is 0.333. The first-order valence-electron chi connectivity index (χ1n) is 13.1. The molecule has 0 aromatic heterocycles. The summed E-state index contributed by atoms with van der Waals surface area (Å²) in [6.45, 7) is 5.53. The number of nitrogens with zero attached hydrogens (tertiary/aromatic N) is 1. The number of aliphatic imine (C=N–C) groups is 1. The Morgan fingerprint density at radius 2 is 1.80 bits per heavy atom. The first kappa shape index (κ1) is 29.5. The number of hydrogen-bond acceptors (Lipinski definition) is 6. The molecule has 2 aliphatic heterocycles. The molecule has 7 nitrogen and oxygen atoms in total. The summed E-state index contributed by atoms with van der Waals surface area (Å²) in [5, 5.41) is 4.63. The van der Waals surface area contributed by atoms with Gasteiger partial charge in [0.1, 0.15) is 11.6 Å². The molecule has 0 unspecified atom stereocenters. The van der Waals surface area contributed by atoms with E-state index in [4.69, 9.17) is 32.9 Å². The van der Waals surface area contributed by atoms with Crippen LogP contribution in [-0.4, -0.2) is 38.9 Å². The van der Waals surface area contributed by atoms with Crippen LogP contribution in [0, 0.1) is 12.7 Å². The quantitative estimate of drug-likeness (QED) is 0.346. The SMILES string of the molecule is Cc1ccc(F)cc1[C@@H]1NCC[C@@H](c2cc(Cl)ccc2OC(C)(C)C(=O)NS(C)(=O)=O)[C@@]12C=Nc1cc(Cl)ccc12. The van der Waals surface area contributed by atoms with Crippen molar-refractivity contribution in [1.82, 2.24) is 10.0 Å². The van der Waals surface area contributed by atoms with Crippen LogP contribution in [0.15, 0.2) is 59.6 Å². The molecule has 1 spiro atoms. The summed E-state index contributed by atoms with van der Waals surface area (Å²) < 4.78 is 46.4. The van der Waals surface area contributed by atoms with Gasteiger partial charge in [-0.1, -0.05) is 35.3 Å². The molecule has 1 amide bonds. The van der Waals surface area contributed by atoms with Gasteiger partial charge < -0.3 is 10.1 Å². The number of piperidine rings is 1. The number of benzene rings is 3. The van der Waals surface area contributed by atoms with Gasteiger partial charge in [-0.3, -0.25) is 9.79 Å². The van der Waals surface area contributed by atoms with Crippen molar-refractivity contribution in [3.8, 4) is 5.75 Å². The Morgan fingerprint density at radius 1 is 1.10 bits per heavy atom. The normalized spacial score (nSPS) is 22.0. The van der Waals surface area contributed by atoms with E-state index in [0.717, 1.165) is 22.9 Å². The lowest BCUT2D eigenvalue weighted by Crippen LogP contribution is -2.52. The Balaban J connectivity index is 1.69. The van der Waals surface area contributed by atoms with Crippen molar-refractivity contribution in [1.29, 1.82) is 0 Å². The second-order valence-electron chi connectivity index (χ2n) is 11.1. The molecule has 1 saturated heterocycles. The van der Waals surface area contributed by atoms with Gasteiger partial charge in [0, 0.05) is 33.8 Å². The molecule has 0 saturated carbocycles. The monoisotopic (exact) mass is 617 g/mol. The number of hydrogen-bond donors (Lipinski definition) is 2. The Labute approximate surface area is 249 Å². The highest BCUT2D eigenvalue weighted by atomic mass is 35.5. The Kier molecular flexibility index (Phi) is 7.70. The van der Waals surface area contributed by atoms with Gasteiger partial charge in [-0.25, -0.2) is 17.5 Å². The lowest BCUT2D eigenvalue weighted by atomic mass is 9.59. The lowest BCUT2D eigenvalue weighted by Gasteiger charge is -2.48. The van der Waals surface area contributed by atoms with Gasteiger partial charge in [0.2, 0.25) is 10.0 Å². The van der Waals surface area contributed by atoms with Crippen LogP contribution in [0.25, 0.3) is 0 Å². The summed E-state index contributed by atoms with van der Waals surface area (Å²) in [6.07, 6.45) is 3.43. The van der Waals surface area contributed by atoms with Gasteiger partial charge in [-0.2, -0.15) is 0 Å². The molecule has 11 heteroatoms. The number of sulfonamides is 1. The van der Waals surface area contributed by atoms with E-state index in [-0.39, 0.29) is 17.8 Å². The van der Waals surface area contributed by atoms with Crippen molar-refractivity contribution >= 4 is 51.0 Å². The molecule has 216 valence electrons. The predicted octanol–water partition coefficient (Wildman–Crippen LogP) is 6.15. The van der Waals surface area contributed by atoms with Crippen LogP contribution in [0.1, 0.15) is 54.5 Å². The number of carbonyl (C=O) groups is 1. The number of aryl methyl sites for hydroxylation is 1. The Morgan fingerprint density at radius 3 is 2.54 bits per heavy atom. The van der Waals surface area contributed by atoms with Crippen LogP contribution in [-0.2, 0) is 20.2 Å². The predicted molar refractivity (Wildman–Crippen MR) is 160 cm³/mol. The average molecular weight is 619 g/mol. The van der Waals surface area contributed by atoms with E-state index in [1.54, 1.807) is 36.4 Å². The lowest BCUT2D eigenvalue weighted by molar-refractivity contribution is -0.132. The van der Waals surface area contributed by atoms with Gasteiger partial charge in [0.25, 0.3) is 5.91 Å². The fourth-order valence-corrected chi connectivity index (χ4v) is 6.84. The van der Waals surface area contributed by atoms with Crippen LogP contribution in [0.4, 0.5) is 10.1 Å².